The molecule has 2 rings (SSSR count). The summed E-state index contributed by atoms with van der Waals surface area (Å²) in [5.74, 6) is 0.915. The number of hydrogen-bond donors (Lipinski definition) is 4. The highest BCUT2D eigenvalue weighted by molar-refractivity contribution is 7.99. The van der Waals surface area contributed by atoms with E-state index in [4.69, 9.17) is 0 Å². The molecule has 0 aromatic heterocycles. The Kier molecular flexibility index (Phi) is 5.32. The number of urea groups is 1. The van der Waals surface area contributed by atoms with Gasteiger partial charge in [-0.05, 0) is 29.9 Å². The van der Waals surface area contributed by atoms with Gasteiger partial charge in [0.2, 0.25) is 0 Å². The van der Waals surface area contributed by atoms with Crippen LogP contribution in [0.5, 0.6) is 5.75 Å². The molecule has 0 radical (unpaired) electrons. The molecule has 0 bridgehead atoms. The summed E-state index contributed by atoms with van der Waals surface area (Å²) in [6.07, 6.45) is 1.08. The number of carboxylic acids is 1. The third-order valence-electron chi connectivity index (χ3n) is 3.24. The molecule has 0 saturated carbocycles. The molecule has 1 unspecified atom stereocenters. The Morgan fingerprint density at radius 3 is 2.62 bits per heavy atom. The smallest absolute Gasteiger partial charge is 0.326 e. The van der Waals surface area contributed by atoms with E-state index >= 15 is 0 Å². The summed E-state index contributed by atoms with van der Waals surface area (Å²) in [6, 6.07) is 4.92. The maximum atomic E-state index is 11.8. The minimum absolute atomic E-state index is 0.109. The van der Waals surface area contributed by atoms with Crippen molar-refractivity contribution in [2.24, 2.45) is 0 Å². The van der Waals surface area contributed by atoms with Gasteiger partial charge >= 0.3 is 12.0 Å². The van der Waals surface area contributed by atoms with Crippen molar-refractivity contribution in [2.75, 3.05) is 11.5 Å². The number of amides is 2. The third-order valence-corrected chi connectivity index (χ3v) is 4.41. The minimum atomic E-state index is -1.08. The van der Waals surface area contributed by atoms with Crippen molar-refractivity contribution in [3.05, 3.63) is 29.8 Å². The summed E-state index contributed by atoms with van der Waals surface area (Å²) in [5, 5.41) is 23.7. The highest BCUT2D eigenvalue weighted by Gasteiger charge is 2.23. The van der Waals surface area contributed by atoms with Crippen LogP contribution in [0, 0.1) is 0 Å². The molecule has 2 atom stereocenters. The normalized spacial score (nSPS) is 19.0. The van der Waals surface area contributed by atoms with E-state index in [-0.39, 0.29) is 18.2 Å². The number of aromatic hydroxyl groups is 1. The van der Waals surface area contributed by atoms with E-state index in [1.165, 1.54) is 12.1 Å². The summed E-state index contributed by atoms with van der Waals surface area (Å²) >= 11 is 1.77. The van der Waals surface area contributed by atoms with E-state index in [2.05, 4.69) is 10.6 Å². The molecule has 6 nitrogen and oxygen atoms in total. The molecular weight excluding hydrogens is 292 g/mol. The quantitative estimate of drug-likeness (QED) is 0.655. The van der Waals surface area contributed by atoms with Crippen molar-refractivity contribution in [1.29, 1.82) is 0 Å². The molecule has 1 aliphatic heterocycles. The lowest BCUT2D eigenvalue weighted by atomic mass is 10.1. The van der Waals surface area contributed by atoms with Gasteiger partial charge < -0.3 is 20.8 Å². The van der Waals surface area contributed by atoms with Gasteiger partial charge in [-0.15, -0.1) is 0 Å². The SMILES string of the molecule is O=C(NC1CCSC1)N[C@H](Cc1ccc(O)cc1)C(=O)O. The molecule has 1 aliphatic rings. The molecule has 4 N–H and O–H groups in total. The fraction of sp³-hybridized carbons (Fsp3) is 0.429. The molecular formula is C14H18N2O4S. The van der Waals surface area contributed by atoms with E-state index in [1.54, 1.807) is 23.9 Å². The van der Waals surface area contributed by atoms with Gasteiger partial charge in [0.1, 0.15) is 11.8 Å². The first kappa shape index (κ1) is 15.5. The lowest BCUT2D eigenvalue weighted by molar-refractivity contribution is -0.139. The van der Waals surface area contributed by atoms with E-state index in [0.29, 0.717) is 0 Å². The second-order valence-corrected chi connectivity index (χ2v) is 6.09. The first-order chi connectivity index (χ1) is 10.0. The lowest BCUT2D eigenvalue weighted by Crippen LogP contribution is -2.49. The van der Waals surface area contributed by atoms with Crippen LogP contribution < -0.4 is 10.6 Å². The zero-order chi connectivity index (χ0) is 15.2. The first-order valence-corrected chi connectivity index (χ1v) is 7.85. The van der Waals surface area contributed by atoms with Gasteiger partial charge in [-0.1, -0.05) is 12.1 Å². The average molecular weight is 310 g/mol. The highest BCUT2D eigenvalue weighted by Crippen LogP contribution is 2.17. The predicted molar refractivity (Wildman–Crippen MR) is 80.6 cm³/mol. The van der Waals surface area contributed by atoms with Crippen LogP contribution >= 0.6 is 11.8 Å². The number of rotatable bonds is 5. The molecule has 0 aliphatic carbocycles. The number of nitrogens with one attached hydrogen (secondary N) is 2. The Morgan fingerprint density at radius 1 is 1.33 bits per heavy atom. The molecule has 1 heterocycles. The largest absolute Gasteiger partial charge is 0.508 e. The molecule has 21 heavy (non-hydrogen) atoms. The Hall–Kier alpha value is -1.89. The van der Waals surface area contributed by atoms with Gasteiger partial charge in [-0.2, -0.15) is 11.8 Å². The lowest BCUT2D eigenvalue weighted by Gasteiger charge is -2.17. The van der Waals surface area contributed by atoms with Crippen LogP contribution in [-0.4, -0.2) is 45.8 Å². The van der Waals surface area contributed by atoms with Crippen molar-refractivity contribution in [3.8, 4) is 5.75 Å². The zero-order valence-electron chi connectivity index (χ0n) is 11.4. The molecule has 0 spiro atoms. The van der Waals surface area contributed by atoms with Crippen molar-refractivity contribution >= 4 is 23.8 Å². The number of phenolic OH excluding ortho intramolecular Hbond substituents is 1. The standard InChI is InChI=1S/C14H18N2O4S/c17-11-3-1-9(2-4-11)7-12(13(18)19)16-14(20)15-10-5-6-21-8-10/h1-4,10,12,17H,5-8H2,(H,18,19)(H2,15,16,20)/t10?,12-/m1/s1. The zero-order valence-corrected chi connectivity index (χ0v) is 12.2. The van der Waals surface area contributed by atoms with Crippen LogP contribution in [0.2, 0.25) is 0 Å². The minimum Gasteiger partial charge on any atom is -0.508 e. The van der Waals surface area contributed by atoms with Gasteiger partial charge in [-0.25, -0.2) is 9.59 Å². The number of carbonyl (C=O) groups is 2. The molecule has 1 fully saturated rings. The van der Waals surface area contributed by atoms with Gasteiger partial charge in [0, 0.05) is 18.2 Å². The van der Waals surface area contributed by atoms with Gasteiger partial charge in [0.15, 0.2) is 0 Å². The van der Waals surface area contributed by atoms with Gasteiger partial charge in [-0.3, -0.25) is 0 Å². The Labute approximate surface area is 126 Å². The van der Waals surface area contributed by atoms with Crippen LogP contribution in [0.15, 0.2) is 24.3 Å². The molecule has 114 valence electrons. The van der Waals surface area contributed by atoms with Crippen molar-refractivity contribution in [2.45, 2.75) is 24.9 Å². The molecule has 7 heteroatoms. The van der Waals surface area contributed by atoms with Crippen molar-refractivity contribution in [3.63, 3.8) is 0 Å². The topological polar surface area (TPSA) is 98.7 Å². The molecule has 1 aromatic carbocycles. The Bertz CT molecular complexity index is 500. The number of carboxylic acid groups (broad SMARTS) is 1. The maximum absolute atomic E-state index is 11.8. The number of aliphatic carboxylic acids is 1. The number of benzene rings is 1. The van der Waals surface area contributed by atoms with Crippen LogP contribution in [0.4, 0.5) is 4.79 Å². The monoisotopic (exact) mass is 310 g/mol. The summed E-state index contributed by atoms with van der Waals surface area (Å²) < 4.78 is 0. The van der Waals surface area contributed by atoms with E-state index < -0.39 is 18.0 Å². The fourth-order valence-corrected chi connectivity index (χ4v) is 3.25. The second-order valence-electron chi connectivity index (χ2n) is 4.94. The van der Waals surface area contributed by atoms with Crippen molar-refractivity contribution < 1.29 is 19.8 Å². The van der Waals surface area contributed by atoms with Gasteiger partial charge in [0.25, 0.3) is 0 Å². The molecule has 1 aromatic rings. The predicted octanol–water partition coefficient (Wildman–Crippen LogP) is 1.19. The maximum Gasteiger partial charge on any atom is 0.326 e. The Balaban J connectivity index is 1.90. The fourth-order valence-electron chi connectivity index (χ4n) is 2.10. The van der Waals surface area contributed by atoms with E-state index in [9.17, 15) is 19.8 Å². The third kappa shape index (κ3) is 4.86. The van der Waals surface area contributed by atoms with Crippen molar-refractivity contribution in [1.82, 2.24) is 10.6 Å². The van der Waals surface area contributed by atoms with Crippen LogP contribution in [0.3, 0.4) is 0 Å². The van der Waals surface area contributed by atoms with Crippen LogP contribution in [0.1, 0.15) is 12.0 Å². The summed E-state index contributed by atoms with van der Waals surface area (Å²) in [7, 11) is 0. The number of thioether (sulfide) groups is 1. The Morgan fingerprint density at radius 2 is 2.05 bits per heavy atom. The van der Waals surface area contributed by atoms with Gasteiger partial charge in [0.05, 0.1) is 0 Å². The number of phenols is 1. The summed E-state index contributed by atoms with van der Waals surface area (Å²) in [6.45, 7) is 0. The van der Waals surface area contributed by atoms with Crippen LogP contribution in [0.25, 0.3) is 0 Å². The summed E-state index contributed by atoms with van der Waals surface area (Å²) in [4.78, 5) is 23.1. The number of carbonyl (C=O) groups excluding carboxylic acids is 1. The molecule has 2 amide bonds. The van der Waals surface area contributed by atoms with E-state index in [1.807, 2.05) is 0 Å². The van der Waals surface area contributed by atoms with Crippen LogP contribution in [-0.2, 0) is 11.2 Å². The number of hydrogen-bond acceptors (Lipinski definition) is 4. The van der Waals surface area contributed by atoms with E-state index in [0.717, 1.165) is 23.5 Å². The highest BCUT2D eigenvalue weighted by atomic mass is 32.2. The average Bonchev–Trinajstić information content (AvgIpc) is 2.93. The summed E-state index contributed by atoms with van der Waals surface area (Å²) in [5.41, 5.74) is 0.733. The second kappa shape index (κ2) is 7.21. The first-order valence-electron chi connectivity index (χ1n) is 6.70. The molecule has 1 saturated heterocycles.